The lowest BCUT2D eigenvalue weighted by Crippen LogP contribution is -2.15. The molecule has 2 rings (SSSR count). The van der Waals surface area contributed by atoms with Crippen molar-refractivity contribution in [3.63, 3.8) is 0 Å². The maximum absolute atomic E-state index is 12.9. The van der Waals surface area contributed by atoms with E-state index in [4.69, 9.17) is 17.3 Å². The Balaban J connectivity index is 2.38. The molecule has 0 atom stereocenters. The van der Waals surface area contributed by atoms with Crippen LogP contribution in [0.2, 0.25) is 5.28 Å². The number of anilines is 2. The highest BCUT2D eigenvalue weighted by Crippen LogP contribution is 2.21. The molecule has 0 saturated carbocycles. The van der Waals surface area contributed by atoms with Crippen LogP contribution in [0, 0.1) is 5.82 Å². The summed E-state index contributed by atoms with van der Waals surface area (Å²) in [5.74, 6) is -0.634. The first-order valence-electron chi connectivity index (χ1n) is 4.95. The average Bonchev–Trinajstić information content (AvgIpc) is 2.27. The van der Waals surface area contributed by atoms with Gasteiger partial charge in [0.1, 0.15) is 16.5 Å². The van der Waals surface area contributed by atoms with Crippen LogP contribution in [-0.4, -0.2) is 18.4 Å². The summed E-state index contributed by atoms with van der Waals surface area (Å²) in [5, 5.41) is -0.104. The van der Waals surface area contributed by atoms with Gasteiger partial charge in [0.2, 0.25) is 5.28 Å². The number of nitrogens with one attached hydrogen (secondary N) is 1. The van der Waals surface area contributed by atoms with Crippen LogP contribution >= 0.6 is 11.6 Å². The molecule has 0 fully saturated rings. The summed E-state index contributed by atoms with van der Waals surface area (Å²) in [6.07, 6.45) is 1.29. The number of hydrogen-bond acceptors (Lipinski definition) is 5. The van der Waals surface area contributed by atoms with Crippen molar-refractivity contribution in [2.75, 3.05) is 10.5 Å². The van der Waals surface area contributed by atoms with Gasteiger partial charge in [0.05, 0.1) is 5.69 Å². The topological polar surface area (TPSA) is 98.0 Å². The van der Waals surface area contributed by atoms with Gasteiger partial charge in [-0.05, 0) is 35.9 Å². The van der Waals surface area contributed by atoms with Crippen LogP contribution in [0.25, 0.3) is 0 Å². The summed E-state index contributed by atoms with van der Waals surface area (Å²) < 4.78 is 39.1. The molecule has 0 amide bonds. The molecule has 6 nitrogen and oxygen atoms in total. The lowest BCUT2D eigenvalue weighted by molar-refractivity contribution is 0.600. The first-order valence-corrected chi connectivity index (χ1v) is 6.81. The minimum Gasteiger partial charge on any atom is -0.398 e. The molecule has 100 valence electrons. The molecule has 0 aliphatic heterocycles. The number of sulfonamides is 1. The number of rotatable bonds is 3. The third-order valence-corrected chi connectivity index (χ3v) is 3.74. The molecule has 3 N–H and O–H groups in total. The summed E-state index contributed by atoms with van der Waals surface area (Å²) >= 11 is 5.54. The Bertz CT molecular complexity index is 723. The molecule has 0 unspecified atom stereocenters. The largest absolute Gasteiger partial charge is 0.398 e. The summed E-state index contributed by atoms with van der Waals surface area (Å²) in [4.78, 5) is 7.05. The van der Waals surface area contributed by atoms with Gasteiger partial charge in [-0.15, -0.1) is 0 Å². The van der Waals surface area contributed by atoms with E-state index in [0.717, 1.165) is 18.2 Å². The van der Waals surface area contributed by atoms with Gasteiger partial charge < -0.3 is 5.73 Å². The first-order chi connectivity index (χ1) is 8.88. The highest BCUT2D eigenvalue weighted by molar-refractivity contribution is 7.92. The van der Waals surface area contributed by atoms with Crippen molar-refractivity contribution in [3.05, 3.63) is 41.6 Å². The van der Waals surface area contributed by atoms with Gasteiger partial charge >= 0.3 is 0 Å². The van der Waals surface area contributed by atoms with Gasteiger partial charge in [-0.25, -0.2) is 17.8 Å². The van der Waals surface area contributed by atoms with Gasteiger partial charge in [-0.1, -0.05) is 0 Å². The number of hydrogen-bond donors (Lipinski definition) is 2. The fraction of sp³-hybridized carbons (Fsp3) is 0. The van der Waals surface area contributed by atoms with Crippen LogP contribution in [0.15, 0.2) is 35.4 Å². The van der Waals surface area contributed by atoms with E-state index in [0.29, 0.717) is 0 Å². The highest BCUT2D eigenvalue weighted by atomic mass is 35.5. The van der Waals surface area contributed by atoms with E-state index in [1.807, 2.05) is 0 Å². The molecule has 0 bridgehead atoms. The van der Waals surface area contributed by atoms with Crippen molar-refractivity contribution in [2.24, 2.45) is 0 Å². The fourth-order valence-corrected chi connectivity index (χ4v) is 2.61. The Kier molecular flexibility index (Phi) is 3.54. The second-order valence-corrected chi connectivity index (χ2v) is 5.49. The van der Waals surface area contributed by atoms with Crippen molar-refractivity contribution in [1.82, 2.24) is 9.97 Å². The molecule has 0 spiro atoms. The van der Waals surface area contributed by atoms with Crippen LogP contribution in [0.4, 0.5) is 15.9 Å². The zero-order valence-corrected chi connectivity index (χ0v) is 10.9. The van der Waals surface area contributed by atoms with Crippen LogP contribution < -0.4 is 10.5 Å². The molecular weight excluding hydrogens is 295 g/mol. The van der Waals surface area contributed by atoms with E-state index >= 15 is 0 Å². The molecule has 1 heterocycles. The minimum absolute atomic E-state index is 0.0104. The van der Waals surface area contributed by atoms with Crippen LogP contribution in [0.5, 0.6) is 0 Å². The Labute approximate surface area is 113 Å². The van der Waals surface area contributed by atoms with Gasteiger partial charge in [0, 0.05) is 6.20 Å². The molecule has 19 heavy (non-hydrogen) atoms. The standard InChI is InChI=1S/C10H8ClFN4O2S/c11-10-14-4-3-9(15-10)16-19(17,18)8-2-1-6(12)5-7(8)13/h1-5H,13H2,(H,14,15,16). The zero-order valence-electron chi connectivity index (χ0n) is 9.34. The average molecular weight is 303 g/mol. The predicted molar refractivity (Wildman–Crippen MR) is 68.7 cm³/mol. The van der Waals surface area contributed by atoms with Gasteiger partial charge in [0.25, 0.3) is 10.0 Å². The smallest absolute Gasteiger partial charge is 0.265 e. The summed E-state index contributed by atoms with van der Waals surface area (Å²) in [5.41, 5.74) is 5.27. The molecule has 0 aliphatic rings. The van der Waals surface area contributed by atoms with Crippen molar-refractivity contribution in [1.29, 1.82) is 0 Å². The summed E-state index contributed by atoms with van der Waals surface area (Å²) in [6.45, 7) is 0. The monoisotopic (exact) mass is 302 g/mol. The normalized spacial score (nSPS) is 11.3. The summed E-state index contributed by atoms with van der Waals surface area (Å²) in [7, 11) is -3.97. The van der Waals surface area contributed by atoms with E-state index in [1.165, 1.54) is 12.3 Å². The van der Waals surface area contributed by atoms with Gasteiger partial charge in [-0.2, -0.15) is 4.98 Å². The maximum atomic E-state index is 12.9. The molecule has 0 radical (unpaired) electrons. The number of halogens is 2. The number of nitrogen functional groups attached to an aromatic ring is 1. The fourth-order valence-electron chi connectivity index (χ4n) is 1.35. The Morgan fingerprint density at radius 2 is 2.05 bits per heavy atom. The minimum atomic E-state index is -3.97. The Morgan fingerprint density at radius 3 is 2.68 bits per heavy atom. The molecule has 2 aromatic rings. The molecular formula is C10H8ClFN4O2S. The van der Waals surface area contributed by atoms with Gasteiger partial charge in [-0.3, -0.25) is 4.72 Å². The van der Waals surface area contributed by atoms with Crippen molar-refractivity contribution in [3.8, 4) is 0 Å². The van der Waals surface area contributed by atoms with Crippen LogP contribution in [0.1, 0.15) is 0 Å². The van der Waals surface area contributed by atoms with E-state index in [9.17, 15) is 12.8 Å². The molecule has 0 saturated heterocycles. The van der Waals surface area contributed by atoms with Crippen molar-refractivity contribution in [2.45, 2.75) is 4.90 Å². The van der Waals surface area contributed by atoms with Gasteiger partial charge in [0.15, 0.2) is 0 Å². The number of aromatic nitrogens is 2. The molecule has 9 heteroatoms. The van der Waals surface area contributed by atoms with E-state index in [-0.39, 0.29) is 21.7 Å². The summed E-state index contributed by atoms with van der Waals surface area (Å²) in [6, 6.07) is 4.30. The third-order valence-electron chi connectivity index (χ3n) is 2.13. The van der Waals surface area contributed by atoms with Crippen LogP contribution in [-0.2, 0) is 10.0 Å². The van der Waals surface area contributed by atoms with Crippen molar-refractivity contribution < 1.29 is 12.8 Å². The second-order valence-electron chi connectivity index (χ2n) is 3.50. The Morgan fingerprint density at radius 1 is 1.32 bits per heavy atom. The van der Waals surface area contributed by atoms with E-state index < -0.39 is 15.8 Å². The molecule has 0 aliphatic carbocycles. The molecule has 1 aromatic carbocycles. The quantitative estimate of drug-likeness (QED) is 0.663. The Hall–Kier alpha value is -1.93. The first kappa shape index (κ1) is 13.5. The van der Waals surface area contributed by atoms with E-state index in [1.54, 1.807) is 0 Å². The van der Waals surface area contributed by atoms with Crippen molar-refractivity contribution >= 4 is 33.1 Å². The maximum Gasteiger partial charge on any atom is 0.265 e. The SMILES string of the molecule is Nc1cc(F)ccc1S(=O)(=O)Nc1ccnc(Cl)n1. The third kappa shape index (κ3) is 3.09. The van der Waals surface area contributed by atoms with Crippen LogP contribution in [0.3, 0.4) is 0 Å². The van der Waals surface area contributed by atoms with E-state index in [2.05, 4.69) is 14.7 Å². The number of nitrogens with two attached hydrogens (primary N) is 1. The lowest BCUT2D eigenvalue weighted by atomic mass is 10.3. The lowest BCUT2D eigenvalue weighted by Gasteiger charge is -2.09. The highest BCUT2D eigenvalue weighted by Gasteiger charge is 2.18. The zero-order chi connectivity index (χ0) is 14.0. The molecule has 1 aromatic heterocycles. The second kappa shape index (κ2) is 4.98. The number of benzene rings is 1. The predicted octanol–water partition coefficient (Wildman–Crippen LogP) is 1.65. The number of nitrogens with zero attached hydrogens (tertiary/aromatic N) is 2.